The van der Waals surface area contributed by atoms with E-state index in [1.165, 1.54) is 19.2 Å². The van der Waals surface area contributed by atoms with Gasteiger partial charge in [0.1, 0.15) is 11.5 Å². The molecule has 5 heteroatoms. The van der Waals surface area contributed by atoms with E-state index >= 15 is 0 Å². The fourth-order valence-corrected chi connectivity index (χ4v) is 2.18. The number of esters is 1. The summed E-state index contributed by atoms with van der Waals surface area (Å²) in [6.07, 6.45) is 4.26. The summed E-state index contributed by atoms with van der Waals surface area (Å²) in [6.45, 7) is 0. The maximum Gasteiger partial charge on any atom is 0.338 e. The van der Waals surface area contributed by atoms with Gasteiger partial charge in [-0.1, -0.05) is 12.1 Å². The van der Waals surface area contributed by atoms with Crippen molar-refractivity contribution in [2.45, 2.75) is 6.42 Å². The second-order valence-electron chi connectivity index (χ2n) is 4.71. The van der Waals surface area contributed by atoms with E-state index in [9.17, 15) is 9.18 Å². The molecule has 1 aromatic carbocycles. The lowest BCUT2D eigenvalue weighted by molar-refractivity contribution is 0.0600. The van der Waals surface area contributed by atoms with Gasteiger partial charge >= 0.3 is 5.97 Å². The summed E-state index contributed by atoms with van der Waals surface area (Å²) in [4.78, 5) is 16.0. The van der Waals surface area contributed by atoms with Gasteiger partial charge in [0.05, 0.1) is 18.4 Å². The molecule has 0 aliphatic heterocycles. The lowest BCUT2D eigenvalue weighted by Crippen LogP contribution is -2.01. The SMILES string of the molecule is COC(=O)c1ccn2cc(Cc3ccc(F)cc3)nc2c1. The predicted octanol–water partition coefficient (Wildman–Crippen LogP) is 2.85. The maximum atomic E-state index is 12.9. The number of pyridine rings is 1. The summed E-state index contributed by atoms with van der Waals surface area (Å²) in [5.74, 6) is -0.642. The Morgan fingerprint density at radius 2 is 2.05 bits per heavy atom. The molecule has 0 bridgehead atoms. The molecule has 0 unspecified atom stereocenters. The van der Waals surface area contributed by atoms with Gasteiger partial charge in [-0.05, 0) is 29.8 Å². The molecule has 0 aliphatic carbocycles. The van der Waals surface area contributed by atoms with Gasteiger partial charge < -0.3 is 9.14 Å². The highest BCUT2D eigenvalue weighted by molar-refractivity contribution is 5.90. The highest BCUT2D eigenvalue weighted by Crippen LogP contribution is 2.13. The van der Waals surface area contributed by atoms with Crippen molar-refractivity contribution in [3.8, 4) is 0 Å². The monoisotopic (exact) mass is 284 g/mol. The van der Waals surface area contributed by atoms with Crippen LogP contribution in [0.1, 0.15) is 21.6 Å². The molecule has 0 saturated heterocycles. The van der Waals surface area contributed by atoms with Crippen LogP contribution in [0.2, 0.25) is 0 Å². The van der Waals surface area contributed by atoms with Crippen LogP contribution in [-0.4, -0.2) is 22.5 Å². The number of ether oxygens (including phenoxy) is 1. The minimum Gasteiger partial charge on any atom is -0.465 e. The van der Waals surface area contributed by atoms with Crippen LogP contribution in [0.4, 0.5) is 4.39 Å². The molecule has 0 radical (unpaired) electrons. The minimum atomic E-state index is -0.388. The second-order valence-corrected chi connectivity index (χ2v) is 4.71. The van der Waals surface area contributed by atoms with Crippen molar-refractivity contribution >= 4 is 11.6 Å². The zero-order chi connectivity index (χ0) is 14.8. The summed E-state index contributed by atoms with van der Waals surface area (Å²) in [5, 5.41) is 0. The first-order chi connectivity index (χ1) is 10.2. The van der Waals surface area contributed by atoms with Crippen LogP contribution in [0.5, 0.6) is 0 Å². The number of hydrogen-bond acceptors (Lipinski definition) is 3. The lowest BCUT2D eigenvalue weighted by Gasteiger charge is -1.98. The van der Waals surface area contributed by atoms with Crippen molar-refractivity contribution in [1.29, 1.82) is 0 Å². The van der Waals surface area contributed by atoms with Gasteiger partial charge in [0, 0.05) is 18.8 Å². The Hall–Kier alpha value is -2.69. The fraction of sp³-hybridized carbons (Fsp3) is 0.125. The molecule has 106 valence electrons. The normalized spacial score (nSPS) is 10.8. The Bertz CT molecular complexity index is 794. The molecule has 2 heterocycles. The zero-order valence-corrected chi connectivity index (χ0v) is 11.4. The lowest BCUT2D eigenvalue weighted by atomic mass is 10.1. The van der Waals surface area contributed by atoms with E-state index in [0.29, 0.717) is 17.6 Å². The smallest absolute Gasteiger partial charge is 0.338 e. The number of carbonyl (C=O) groups is 1. The molecule has 3 rings (SSSR count). The molecule has 0 spiro atoms. The van der Waals surface area contributed by atoms with Crippen molar-refractivity contribution in [1.82, 2.24) is 9.38 Å². The maximum absolute atomic E-state index is 12.9. The van der Waals surface area contributed by atoms with Gasteiger partial charge in [0.2, 0.25) is 0 Å². The Kier molecular flexibility index (Phi) is 3.39. The topological polar surface area (TPSA) is 43.6 Å². The summed E-state index contributed by atoms with van der Waals surface area (Å²) >= 11 is 0. The Morgan fingerprint density at radius 1 is 1.29 bits per heavy atom. The number of hydrogen-bond donors (Lipinski definition) is 0. The Labute approximate surface area is 120 Å². The first-order valence-corrected chi connectivity index (χ1v) is 6.46. The summed E-state index contributed by atoms with van der Waals surface area (Å²) in [5.41, 5.74) is 2.97. The third-order valence-corrected chi connectivity index (χ3v) is 3.23. The van der Waals surface area contributed by atoms with Gasteiger partial charge in [0.25, 0.3) is 0 Å². The van der Waals surface area contributed by atoms with Crippen LogP contribution in [0.3, 0.4) is 0 Å². The van der Waals surface area contributed by atoms with Gasteiger partial charge in [-0.2, -0.15) is 0 Å². The highest BCUT2D eigenvalue weighted by Gasteiger charge is 2.08. The largest absolute Gasteiger partial charge is 0.465 e. The first-order valence-electron chi connectivity index (χ1n) is 6.46. The van der Waals surface area contributed by atoms with E-state index in [0.717, 1.165) is 11.3 Å². The van der Waals surface area contributed by atoms with Crippen molar-refractivity contribution in [2.24, 2.45) is 0 Å². The van der Waals surface area contributed by atoms with E-state index in [1.54, 1.807) is 30.5 Å². The average Bonchev–Trinajstić information content (AvgIpc) is 2.90. The number of halogens is 1. The average molecular weight is 284 g/mol. The fourth-order valence-electron chi connectivity index (χ4n) is 2.18. The van der Waals surface area contributed by atoms with E-state index in [-0.39, 0.29) is 11.8 Å². The molecule has 3 aromatic rings. The van der Waals surface area contributed by atoms with Crippen LogP contribution < -0.4 is 0 Å². The minimum absolute atomic E-state index is 0.253. The Balaban J connectivity index is 1.90. The number of benzene rings is 1. The molecule has 0 atom stereocenters. The van der Waals surface area contributed by atoms with Gasteiger partial charge in [-0.3, -0.25) is 0 Å². The Morgan fingerprint density at radius 3 is 2.76 bits per heavy atom. The van der Waals surface area contributed by atoms with Crippen LogP contribution in [-0.2, 0) is 11.2 Å². The van der Waals surface area contributed by atoms with Crippen LogP contribution in [0, 0.1) is 5.82 Å². The number of carbonyl (C=O) groups excluding carboxylic acids is 1. The van der Waals surface area contributed by atoms with Gasteiger partial charge in [-0.25, -0.2) is 14.2 Å². The number of imidazole rings is 1. The van der Waals surface area contributed by atoms with E-state index in [2.05, 4.69) is 9.72 Å². The summed E-state index contributed by atoms with van der Waals surface area (Å²) < 4.78 is 19.4. The third-order valence-electron chi connectivity index (χ3n) is 3.23. The highest BCUT2D eigenvalue weighted by atomic mass is 19.1. The standard InChI is InChI=1S/C16H13FN2O2/c1-21-16(20)12-6-7-19-10-14(18-15(19)9-12)8-11-2-4-13(17)5-3-11/h2-7,9-10H,8H2,1H3. The van der Waals surface area contributed by atoms with Crippen LogP contribution in [0.25, 0.3) is 5.65 Å². The molecular weight excluding hydrogens is 271 g/mol. The molecular formula is C16H13FN2O2. The number of rotatable bonds is 3. The molecule has 0 N–H and O–H groups in total. The predicted molar refractivity (Wildman–Crippen MR) is 75.7 cm³/mol. The first kappa shape index (κ1) is 13.3. The third kappa shape index (κ3) is 2.76. The van der Waals surface area contributed by atoms with Crippen molar-refractivity contribution in [2.75, 3.05) is 7.11 Å². The van der Waals surface area contributed by atoms with Crippen LogP contribution >= 0.6 is 0 Å². The molecule has 21 heavy (non-hydrogen) atoms. The zero-order valence-electron chi connectivity index (χ0n) is 11.4. The summed E-state index contributed by atoms with van der Waals surface area (Å²) in [7, 11) is 1.35. The quantitative estimate of drug-likeness (QED) is 0.695. The van der Waals surface area contributed by atoms with Crippen molar-refractivity contribution in [3.63, 3.8) is 0 Å². The van der Waals surface area contributed by atoms with E-state index in [4.69, 9.17) is 0 Å². The van der Waals surface area contributed by atoms with Gasteiger partial charge in [-0.15, -0.1) is 0 Å². The number of methoxy groups -OCH3 is 1. The van der Waals surface area contributed by atoms with Crippen molar-refractivity contribution < 1.29 is 13.9 Å². The van der Waals surface area contributed by atoms with Gasteiger partial charge in [0.15, 0.2) is 0 Å². The van der Waals surface area contributed by atoms with Crippen LogP contribution in [0.15, 0.2) is 48.8 Å². The van der Waals surface area contributed by atoms with E-state index in [1.807, 2.05) is 10.6 Å². The molecule has 4 nitrogen and oxygen atoms in total. The number of nitrogens with zero attached hydrogens (tertiary/aromatic N) is 2. The van der Waals surface area contributed by atoms with E-state index < -0.39 is 0 Å². The molecule has 0 aliphatic rings. The molecule has 0 amide bonds. The molecule has 0 saturated carbocycles. The number of fused-ring (bicyclic) bond motifs is 1. The number of aromatic nitrogens is 2. The van der Waals surface area contributed by atoms with Crippen molar-refractivity contribution in [3.05, 3.63) is 71.4 Å². The molecule has 2 aromatic heterocycles. The summed E-state index contributed by atoms with van der Waals surface area (Å²) in [6, 6.07) is 9.70. The second kappa shape index (κ2) is 5.36. The molecule has 0 fully saturated rings.